The smallest absolute Gasteiger partial charge is 0.319 e. The number of carbonyl (C=O) groups is 1. The van der Waals surface area contributed by atoms with Crippen LogP contribution in [0.3, 0.4) is 0 Å². The van der Waals surface area contributed by atoms with E-state index in [1.165, 1.54) is 0 Å². The SMILES string of the molecule is N#CSc1ccc(NC(=O)NCCCOc2ccc(Br)cc2Cl)cc1. The standard InChI is InChI=1S/C17H15BrClN3O2S/c18-12-2-7-16(15(19)10-12)24-9-1-8-21-17(23)22-13-3-5-14(6-4-13)25-11-20/h2-7,10H,1,8-9H2,(H2,21,22,23). The zero-order chi connectivity index (χ0) is 18.1. The predicted octanol–water partition coefficient (Wildman–Crippen LogP) is 5.27. The van der Waals surface area contributed by atoms with Gasteiger partial charge in [0.05, 0.1) is 11.6 Å². The van der Waals surface area contributed by atoms with E-state index in [1.54, 1.807) is 36.4 Å². The van der Waals surface area contributed by atoms with Crippen LogP contribution in [0.25, 0.3) is 0 Å². The molecule has 0 heterocycles. The van der Waals surface area contributed by atoms with Crippen molar-refractivity contribution in [2.45, 2.75) is 11.3 Å². The highest BCUT2D eigenvalue weighted by Crippen LogP contribution is 2.27. The maximum Gasteiger partial charge on any atom is 0.319 e. The monoisotopic (exact) mass is 439 g/mol. The van der Waals surface area contributed by atoms with E-state index < -0.39 is 0 Å². The van der Waals surface area contributed by atoms with Crippen LogP contribution >= 0.6 is 39.3 Å². The van der Waals surface area contributed by atoms with E-state index in [2.05, 4.69) is 26.6 Å². The molecule has 2 aromatic carbocycles. The summed E-state index contributed by atoms with van der Waals surface area (Å²) in [5.41, 5.74) is 0.665. The normalized spacial score (nSPS) is 9.96. The first-order chi connectivity index (χ1) is 12.1. The number of amides is 2. The molecule has 2 rings (SSSR count). The molecule has 5 nitrogen and oxygen atoms in total. The third-order valence-electron chi connectivity index (χ3n) is 3.03. The molecular weight excluding hydrogens is 426 g/mol. The predicted molar refractivity (Wildman–Crippen MR) is 104 cm³/mol. The summed E-state index contributed by atoms with van der Waals surface area (Å²) in [5.74, 6) is 0.615. The van der Waals surface area contributed by atoms with Crippen molar-refractivity contribution in [1.29, 1.82) is 5.26 Å². The maximum atomic E-state index is 11.8. The average molecular weight is 441 g/mol. The molecule has 0 bridgehead atoms. The lowest BCUT2D eigenvalue weighted by molar-refractivity contribution is 0.250. The number of thiocyanates is 1. The minimum atomic E-state index is -0.289. The molecule has 0 spiro atoms. The lowest BCUT2D eigenvalue weighted by Gasteiger charge is -2.10. The van der Waals surface area contributed by atoms with Gasteiger partial charge in [-0.3, -0.25) is 0 Å². The lowest BCUT2D eigenvalue weighted by Crippen LogP contribution is -2.30. The lowest BCUT2D eigenvalue weighted by atomic mass is 10.3. The van der Waals surface area contributed by atoms with Crippen molar-refractivity contribution in [2.75, 3.05) is 18.5 Å². The number of anilines is 1. The van der Waals surface area contributed by atoms with E-state index in [1.807, 2.05) is 11.5 Å². The van der Waals surface area contributed by atoms with Crippen molar-refractivity contribution < 1.29 is 9.53 Å². The molecule has 0 saturated carbocycles. The number of nitrogens with zero attached hydrogens (tertiary/aromatic N) is 1. The molecule has 0 unspecified atom stereocenters. The highest BCUT2D eigenvalue weighted by molar-refractivity contribution is 9.10. The van der Waals surface area contributed by atoms with Crippen LogP contribution in [0.2, 0.25) is 5.02 Å². The third kappa shape index (κ3) is 6.86. The number of halogens is 2. The molecule has 2 amide bonds. The molecule has 0 radical (unpaired) electrons. The number of nitrogens with one attached hydrogen (secondary N) is 2. The third-order valence-corrected chi connectivity index (χ3v) is 4.42. The fraction of sp³-hybridized carbons (Fsp3) is 0.176. The number of carbonyl (C=O) groups excluding carboxylic acids is 1. The van der Waals surface area contributed by atoms with Crippen LogP contribution in [-0.2, 0) is 0 Å². The number of hydrogen-bond donors (Lipinski definition) is 2. The van der Waals surface area contributed by atoms with Crippen molar-refractivity contribution in [3.63, 3.8) is 0 Å². The van der Waals surface area contributed by atoms with Gasteiger partial charge < -0.3 is 15.4 Å². The number of urea groups is 1. The molecule has 2 N–H and O–H groups in total. The number of thioether (sulfide) groups is 1. The van der Waals surface area contributed by atoms with Crippen molar-refractivity contribution >= 4 is 51.0 Å². The number of hydrogen-bond acceptors (Lipinski definition) is 4. The van der Waals surface area contributed by atoms with Crippen LogP contribution in [0.4, 0.5) is 10.5 Å². The van der Waals surface area contributed by atoms with Crippen LogP contribution < -0.4 is 15.4 Å². The Kier molecular flexibility index (Phi) is 7.92. The van der Waals surface area contributed by atoms with Crippen LogP contribution in [0.1, 0.15) is 6.42 Å². The van der Waals surface area contributed by atoms with Crippen LogP contribution in [0, 0.1) is 10.7 Å². The minimum absolute atomic E-state index is 0.289. The van der Waals surface area contributed by atoms with Gasteiger partial charge in [-0.05, 0) is 60.6 Å². The number of ether oxygens (including phenoxy) is 1. The molecule has 25 heavy (non-hydrogen) atoms. The van der Waals surface area contributed by atoms with E-state index in [4.69, 9.17) is 21.6 Å². The van der Waals surface area contributed by atoms with Gasteiger partial charge in [-0.2, -0.15) is 5.26 Å². The van der Waals surface area contributed by atoms with Crippen molar-refractivity contribution in [1.82, 2.24) is 5.32 Å². The van der Waals surface area contributed by atoms with Gasteiger partial charge in [0.25, 0.3) is 0 Å². The summed E-state index contributed by atoms with van der Waals surface area (Å²) < 4.78 is 6.47. The van der Waals surface area contributed by atoms with Gasteiger partial charge in [-0.25, -0.2) is 4.79 Å². The fourth-order valence-electron chi connectivity index (χ4n) is 1.88. The van der Waals surface area contributed by atoms with Gasteiger partial charge in [0.15, 0.2) is 0 Å². The zero-order valence-electron chi connectivity index (χ0n) is 13.1. The molecule has 0 saturated heterocycles. The van der Waals surface area contributed by atoms with Crippen molar-refractivity contribution in [3.8, 4) is 11.2 Å². The maximum absolute atomic E-state index is 11.8. The van der Waals surface area contributed by atoms with Crippen molar-refractivity contribution in [2.24, 2.45) is 0 Å². The summed E-state index contributed by atoms with van der Waals surface area (Å²) in [4.78, 5) is 12.6. The number of benzene rings is 2. The Morgan fingerprint density at radius 1 is 1.28 bits per heavy atom. The Hall–Kier alpha value is -1.88. The first kappa shape index (κ1) is 19.4. The molecule has 2 aromatic rings. The second-order valence-electron chi connectivity index (χ2n) is 4.88. The molecule has 0 aromatic heterocycles. The Bertz CT molecular complexity index is 765. The van der Waals surface area contributed by atoms with Gasteiger partial charge in [0.1, 0.15) is 11.2 Å². The Balaban J connectivity index is 1.66. The molecule has 0 aliphatic rings. The van der Waals surface area contributed by atoms with Crippen LogP contribution in [0.5, 0.6) is 5.75 Å². The zero-order valence-corrected chi connectivity index (χ0v) is 16.2. The minimum Gasteiger partial charge on any atom is -0.492 e. The second-order valence-corrected chi connectivity index (χ2v) is 7.06. The summed E-state index contributed by atoms with van der Waals surface area (Å²) in [6.07, 6.45) is 0.650. The fourth-order valence-corrected chi connectivity index (χ4v) is 2.99. The summed E-state index contributed by atoms with van der Waals surface area (Å²) in [6.45, 7) is 0.921. The van der Waals surface area contributed by atoms with Gasteiger partial charge in [-0.1, -0.05) is 27.5 Å². The molecule has 0 fully saturated rings. The Morgan fingerprint density at radius 2 is 2.04 bits per heavy atom. The van der Waals surface area contributed by atoms with Crippen LogP contribution in [-0.4, -0.2) is 19.2 Å². The number of rotatable bonds is 7. The summed E-state index contributed by atoms with van der Waals surface area (Å²) in [5, 5.41) is 16.6. The summed E-state index contributed by atoms with van der Waals surface area (Å²) >= 11 is 10.5. The molecule has 0 atom stereocenters. The van der Waals surface area contributed by atoms with Gasteiger partial charge in [-0.15, -0.1) is 0 Å². The second kappa shape index (κ2) is 10.2. The summed E-state index contributed by atoms with van der Waals surface area (Å²) in [6, 6.07) is 12.2. The van der Waals surface area contributed by atoms with E-state index >= 15 is 0 Å². The van der Waals surface area contributed by atoms with Crippen molar-refractivity contribution in [3.05, 3.63) is 52.0 Å². The van der Waals surface area contributed by atoms with E-state index in [9.17, 15) is 4.79 Å². The quantitative estimate of drug-likeness (QED) is 0.349. The van der Waals surface area contributed by atoms with E-state index in [0.29, 0.717) is 36.0 Å². The topological polar surface area (TPSA) is 74.2 Å². The van der Waals surface area contributed by atoms with Gasteiger partial charge in [0, 0.05) is 21.6 Å². The average Bonchev–Trinajstić information content (AvgIpc) is 2.58. The summed E-state index contributed by atoms with van der Waals surface area (Å²) in [7, 11) is 0. The van der Waals surface area contributed by atoms with Crippen LogP contribution in [0.15, 0.2) is 51.8 Å². The molecule has 130 valence electrons. The largest absolute Gasteiger partial charge is 0.492 e. The first-order valence-electron chi connectivity index (χ1n) is 7.37. The molecule has 0 aliphatic carbocycles. The van der Waals surface area contributed by atoms with E-state index in [-0.39, 0.29) is 6.03 Å². The molecule has 0 aliphatic heterocycles. The van der Waals surface area contributed by atoms with E-state index in [0.717, 1.165) is 21.1 Å². The molecule has 8 heteroatoms. The Morgan fingerprint density at radius 3 is 2.72 bits per heavy atom. The van der Waals surface area contributed by atoms with Gasteiger partial charge in [0.2, 0.25) is 0 Å². The Labute approximate surface area is 163 Å². The highest BCUT2D eigenvalue weighted by atomic mass is 79.9. The highest BCUT2D eigenvalue weighted by Gasteiger charge is 2.04. The first-order valence-corrected chi connectivity index (χ1v) is 9.36. The molecular formula is C17H15BrClN3O2S. The van der Waals surface area contributed by atoms with Gasteiger partial charge >= 0.3 is 6.03 Å². The number of nitriles is 1.